The SMILES string of the molecule is CNCc1ccc(-c2nccc(-c3cccc4c3CCC[C@H]4Nc3nc(OC)c(CNC)cc3C(F)(F)F)c2Cl)cc1OC. The zero-order chi connectivity index (χ0) is 31.4. The van der Waals surface area contributed by atoms with Gasteiger partial charge >= 0.3 is 6.18 Å². The minimum absolute atomic E-state index is 0.145. The fraction of sp³-hybridized carbons (Fsp3) is 0.333. The number of nitrogens with zero attached hydrogens (tertiary/aromatic N) is 2. The lowest BCUT2D eigenvalue weighted by molar-refractivity contribution is -0.137. The number of ether oxygens (including phenoxy) is 2. The Morgan fingerprint density at radius 3 is 2.43 bits per heavy atom. The van der Waals surface area contributed by atoms with E-state index < -0.39 is 17.8 Å². The van der Waals surface area contributed by atoms with Crippen LogP contribution in [0.3, 0.4) is 0 Å². The number of aromatic nitrogens is 2. The maximum atomic E-state index is 14.2. The largest absolute Gasteiger partial charge is 0.496 e. The van der Waals surface area contributed by atoms with E-state index in [1.165, 1.54) is 7.11 Å². The van der Waals surface area contributed by atoms with Gasteiger partial charge in [-0.25, -0.2) is 0 Å². The minimum atomic E-state index is -4.60. The van der Waals surface area contributed by atoms with Gasteiger partial charge < -0.3 is 25.4 Å². The third-order valence-corrected chi connectivity index (χ3v) is 8.24. The maximum Gasteiger partial charge on any atom is 0.419 e. The Labute approximate surface area is 260 Å². The van der Waals surface area contributed by atoms with Gasteiger partial charge in [0, 0.05) is 41.5 Å². The summed E-state index contributed by atoms with van der Waals surface area (Å²) in [5.74, 6) is 0.622. The molecule has 1 aliphatic rings. The summed E-state index contributed by atoms with van der Waals surface area (Å²) < 4.78 is 53.5. The second kappa shape index (κ2) is 13.4. The monoisotopic (exact) mass is 625 g/mol. The summed E-state index contributed by atoms with van der Waals surface area (Å²) in [4.78, 5) is 8.87. The lowest BCUT2D eigenvalue weighted by Gasteiger charge is -2.30. The zero-order valence-electron chi connectivity index (χ0n) is 25.0. The molecule has 7 nitrogen and oxygen atoms in total. The van der Waals surface area contributed by atoms with Gasteiger partial charge in [0.25, 0.3) is 0 Å². The highest BCUT2D eigenvalue weighted by atomic mass is 35.5. The van der Waals surface area contributed by atoms with Crippen molar-refractivity contribution in [3.05, 3.63) is 87.6 Å². The normalized spacial score (nSPS) is 14.7. The number of fused-ring (bicyclic) bond motifs is 1. The van der Waals surface area contributed by atoms with Gasteiger partial charge in [0.15, 0.2) is 0 Å². The predicted molar refractivity (Wildman–Crippen MR) is 167 cm³/mol. The van der Waals surface area contributed by atoms with Gasteiger partial charge in [0.05, 0.1) is 36.5 Å². The highest BCUT2D eigenvalue weighted by Gasteiger charge is 2.37. The standard InChI is InChI=1S/C33H35ClF3N5O2/c1-38-17-20-12-11-19(16-28(20)43-3)30-29(34)25(13-14-40-30)23-7-5-9-24-22(23)8-6-10-27(24)41-31-26(33(35,36)37)15-21(18-39-2)32(42-31)44-4/h5,7,9,11-16,27,38-39H,6,8,10,17-18H2,1-4H3,(H,41,42)/t27-/m1/s1. The predicted octanol–water partition coefficient (Wildman–Crippen LogP) is 7.43. The number of pyridine rings is 2. The smallest absolute Gasteiger partial charge is 0.419 e. The molecule has 44 heavy (non-hydrogen) atoms. The summed E-state index contributed by atoms with van der Waals surface area (Å²) in [6.07, 6.45) is -0.699. The number of methoxy groups -OCH3 is 2. The topological polar surface area (TPSA) is 80.3 Å². The van der Waals surface area contributed by atoms with Crippen molar-refractivity contribution < 1.29 is 22.6 Å². The third-order valence-electron chi connectivity index (χ3n) is 7.85. The molecule has 5 rings (SSSR count). The van der Waals surface area contributed by atoms with E-state index in [0.717, 1.165) is 58.0 Å². The van der Waals surface area contributed by atoms with Gasteiger partial charge in [-0.15, -0.1) is 0 Å². The van der Waals surface area contributed by atoms with Crippen LogP contribution in [0.25, 0.3) is 22.4 Å². The molecule has 1 aliphatic carbocycles. The van der Waals surface area contributed by atoms with Crippen molar-refractivity contribution in [2.45, 2.75) is 44.6 Å². The van der Waals surface area contributed by atoms with Crippen LogP contribution in [0.4, 0.5) is 19.0 Å². The molecular weight excluding hydrogens is 591 g/mol. The molecule has 2 aromatic carbocycles. The second-order valence-corrected chi connectivity index (χ2v) is 11.0. The van der Waals surface area contributed by atoms with E-state index in [-0.39, 0.29) is 18.2 Å². The van der Waals surface area contributed by atoms with Crippen LogP contribution < -0.4 is 25.4 Å². The van der Waals surface area contributed by atoms with Crippen molar-refractivity contribution in [2.24, 2.45) is 0 Å². The lowest BCUT2D eigenvalue weighted by Crippen LogP contribution is -2.22. The van der Waals surface area contributed by atoms with Gasteiger partial charge in [-0.1, -0.05) is 41.9 Å². The van der Waals surface area contributed by atoms with Crippen molar-refractivity contribution in [3.63, 3.8) is 0 Å². The Morgan fingerprint density at radius 1 is 0.955 bits per heavy atom. The van der Waals surface area contributed by atoms with Crippen LogP contribution in [0, 0.1) is 0 Å². The van der Waals surface area contributed by atoms with Crippen molar-refractivity contribution in [1.29, 1.82) is 0 Å². The molecule has 11 heteroatoms. The van der Waals surface area contributed by atoms with Crippen LogP contribution in [-0.2, 0) is 25.7 Å². The van der Waals surface area contributed by atoms with Gasteiger partial charge in [0.1, 0.15) is 11.6 Å². The highest BCUT2D eigenvalue weighted by molar-refractivity contribution is 6.35. The van der Waals surface area contributed by atoms with Crippen LogP contribution in [0.15, 0.2) is 54.7 Å². The fourth-order valence-corrected chi connectivity index (χ4v) is 6.18. The summed E-state index contributed by atoms with van der Waals surface area (Å²) in [6, 6.07) is 14.3. The molecule has 2 aromatic heterocycles. The number of benzene rings is 2. The fourth-order valence-electron chi connectivity index (χ4n) is 5.86. The van der Waals surface area contributed by atoms with Crippen molar-refractivity contribution in [1.82, 2.24) is 20.6 Å². The number of hydrogen-bond donors (Lipinski definition) is 3. The Balaban J connectivity index is 1.54. The number of halogens is 4. The Hall–Kier alpha value is -3.86. The van der Waals surface area contributed by atoms with Gasteiger partial charge in [-0.2, -0.15) is 18.2 Å². The Bertz CT molecular complexity index is 1650. The molecule has 3 N–H and O–H groups in total. The van der Waals surface area contributed by atoms with E-state index in [9.17, 15) is 13.2 Å². The van der Waals surface area contributed by atoms with Crippen LogP contribution in [0.5, 0.6) is 11.6 Å². The molecule has 2 heterocycles. The number of anilines is 1. The summed E-state index contributed by atoms with van der Waals surface area (Å²) in [5, 5.41) is 9.62. The molecule has 0 radical (unpaired) electrons. The number of rotatable bonds is 10. The molecule has 4 aromatic rings. The van der Waals surface area contributed by atoms with Gasteiger partial charge in [-0.05, 0) is 68.2 Å². The van der Waals surface area contributed by atoms with Crippen LogP contribution in [0.2, 0.25) is 5.02 Å². The summed E-state index contributed by atoms with van der Waals surface area (Å²) in [6.45, 7) is 0.847. The van der Waals surface area contributed by atoms with Crippen LogP contribution in [-0.4, -0.2) is 38.3 Å². The lowest BCUT2D eigenvalue weighted by atomic mass is 9.83. The van der Waals surface area contributed by atoms with Crippen molar-refractivity contribution >= 4 is 17.4 Å². The van der Waals surface area contributed by atoms with Crippen molar-refractivity contribution in [3.8, 4) is 34.0 Å². The van der Waals surface area contributed by atoms with Crippen molar-refractivity contribution in [2.75, 3.05) is 33.6 Å². The van der Waals surface area contributed by atoms with E-state index in [2.05, 4.69) is 25.9 Å². The first-order chi connectivity index (χ1) is 21.2. The maximum absolute atomic E-state index is 14.2. The van der Waals surface area contributed by atoms with E-state index >= 15 is 0 Å². The molecule has 0 saturated carbocycles. The first kappa shape index (κ1) is 31.6. The molecule has 0 saturated heterocycles. The Morgan fingerprint density at radius 2 is 1.73 bits per heavy atom. The quantitative estimate of drug-likeness (QED) is 0.169. The van der Waals surface area contributed by atoms with E-state index in [0.29, 0.717) is 29.2 Å². The molecule has 1 atom stereocenters. The van der Waals surface area contributed by atoms with E-state index in [1.54, 1.807) is 20.4 Å². The van der Waals surface area contributed by atoms with E-state index in [4.69, 9.17) is 21.1 Å². The molecule has 0 fully saturated rings. The summed E-state index contributed by atoms with van der Waals surface area (Å²) in [5.41, 5.74) is 5.63. The summed E-state index contributed by atoms with van der Waals surface area (Å²) >= 11 is 7.04. The van der Waals surface area contributed by atoms with Gasteiger partial charge in [-0.3, -0.25) is 4.98 Å². The Kier molecular flexibility index (Phi) is 9.62. The molecule has 0 bridgehead atoms. The number of alkyl halides is 3. The van der Waals surface area contributed by atoms with Crippen LogP contribution in [0.1, 0.15) is 46.7 Å². The highest BCUT2D eigenvalue weighted by Crippen LogP contribution is 2.44. The van der Waals surface area contributed by atoms with Gasteiger partial charge in [0.2, 0.25) is 5.88 Å². The second-order valence-electron chi connectivity index (χ2n) is 10.6. The number of nitrogens with one attached hydrogen (secondary N) is 3. The third kappa shape index (κ3) is 6.33. The molecular formula is C33H35ClF3N5O2. The molecule has 0 unspecified atom stereocenters. The first-order valence-corrected chi connectivity index (χ1v) is 14.7. The average molecular weight is 626 g/mol. The first-order valence-electron chi connectivity index (χ1n) is 14.3. The molecule has 232 valence electrons. The molecule has 0 aliphatic heterocycles. The number of hydrogen-bond acceptors (Lipinski definition) is 7. The minimum Gasteiger partial charge on any atom is -0.496 e. The van der Waals surface area contributed by atoms with E-state index in [1.807, 2.05) is 49.5 Å². The average Bonchev–Trinajstić information content (AvgIpc) is 3.01. The summed E-state index contributed by atoms with van der Waals surface area (Å²) in [7, 11) is 6.56. The molecule has 0 amide bonds. The zero-order valence-corrected chi connectivity index (χ0v) is 25.8. The van der Waals surface area contributed by atoms with Crippen LogP contribution >= 0.6 is 11.6 Å². The molecule has 0 spiro atoms.